The molecule has 4 rings (SSSR count). The van der Waals surface area contributed by atoms with Gasteiger partial charge in [0.1, 0.15) is 5.56 Å². The largest absolute Gasteiger partial charge is 0.505 e. The fraction of sp³-hybridized carbons (Fsp3) is 0.0909. The second-order valence-corrected chi connectivity index (χ2v) is 7.90. The van der Waals surface area contributed by atoms with E-state index in [9.17, 15) is 14.7 Å². The van der Waals surface area contributed by atoms with Crippen LogP contribution in [0.1, 0.15) is 21.5 Å². The number of nitrogens with one attached hydrogen (secondary N) is 1. The van der Waals surface area contributed by atoms with Gasteiger partial charge in [0, 0.05) is 11.6 Å². The molecule has 0 atom stereocenters. The summed E-state index contributed by atoms with van der Waals surface area (Å²) in [4.78, 5) is 25.9. The summed E-state index contributed by atoms with van der Waals surface area (Å²) in [6, 6.07) is 18.4. The SMILES string of the molecule is O=C(NCc1cccc(Cl)c1)c1c(O)c2sccc2n(Cc2ccccc2)c1=O. The first-order chi connectivity index (χ1) is 14.0. The highest BCUT2D eigenvalue weighted by Crippen LogP contribution is 2.31. The molecule has 7 heteroatoms. The molecule has 2 aromatic heterocycles. The quantitative estimate of drug-likeness (QED) is 0.498. The van der Waals surface area contributed by atoms with Crippen molar-refractivity contribution in [1.29, 1.82) is 0 Å². The van der Waals surface area contributed by atoms with Gasteiger partial charge in [-0.3, -0.25) is 9.59 Å². The van der Waals surface area contributed by atoms with Gasteiger partial charge in [0.2, 0.25) is 0 Å². The van der Waals surface area contributed by atoms with Crippen LogP contribution in [-0.2, 0) is 13.1 Å². The van der Waals surface area contributed by atoms with Crippen molar-refractivity contribution in [2.75, 3.05) is 0 Å². The Morgan fingerprint density at radius 1 is 1.07 bits per heavy atom. The van der Waals surface area contributed by atoms with Gasteiger partial charge in [-0.1, -0.05) is 54.1 Å². The smallest absolute Gasteiger partial charge is 0.268 e. The lowest BCUT2D eigenvalue weighted by atomic mass is 10.1. The monoisotopic (exact) mass is 424 g/mol. The van der Waals surface area contributed by atoms with Gasteiger partial charge in [-0.15, -0.1) is 11.3 Å². The summed E-state index contributed by atoms with van der Waals surface area (Å²) in [5.74, 6) is -0.905. The van der Waals surface area contributed by atoms with E-state index in [4.69, 9.17) is 11.6 Å². The highest BCUT2D eigenvalue weighted by atomic mass is 35.5. The molecule has 0 radical (unpaired) electrons. The number of benzene rings is 2. The number of rotatable bonds is 5. The van der Waals surface area contributed by atoms with Gasteiger partial charge in [-0.25, -0.2) is 0 Å². The van der Waals surface area contributed by atoms with Gasteiger partial charge in [0.05, 0.1) is 16.8 Å². The maximum Gasteiger partial charge on any atom is 0.268 e. The molecule has 0 aliphatic heterocycles. The predicted molar refractivity (Wildman–Crippen MR) is 116 cm³/mol. The number of amides is 1. The molecule has 0 saturated carbocycles. The number of carbonyl (C=O) groups is 1. The van der Waals surface area contributed by atoms with Crippen LogP contribution in [0.4, 0.5) is 0 Å². The first-order valence-electron chi connectivity index (χ1n) is 8.94. The molecule has 2 aromatic carbocycles. The van der Waals surface area contributed by atoms with E-state index in [1.165, 1.54) is 15.9 Å². The van der Waals surface area contributed by atoms with E-state index >= 15 is 0 Å². The van der Waals surface area contributed by atoms with Crippen LogP contribution >= 0.6 is 22.9 Å². The molecule has 5 nitrogen and oxygen atoms in total. The third kappa shape index (κ3) is 3.90. The number of fused-ring (bicyclic) bond motifs is 1. The van der Waals surface area contributed by atoms with E-state index in [1.54, 1.807) is 29.6 Å². The minimum Gasteiger partial charge on any atom is -0.505 e. The van der Waals surface area contributed by atoms with Crippen molar-refractivity contribution >= 4 is 39.1 Å². The number of hydrogen-bond donors (Lipinski definition) is 2. The van der Waals surface area contributed by atoms with E-state index in [0.717, 1.165) is 11.1 Å². The van der Waals surface area contributed by atoms with E-state index in [0.29, 0.717) is 21.8 Å². The molecule has 0 aliphatic rings. The lowest BCUT2D eigenvalue weighted by Crippen LogP contribution is -2.33. The number of carbonyl (C=O) groups excluding carboxylic acids is 1. The summed E-state index contributed by atoms with van der Waals surface area (Å²) in [5.41, 5.74) is 1.55. The van der Waals surface area contributed by atoms with Crippen LogP contribution < -0.4 is 10.9 Å². The van der Waals surface area contributed by atoms with Crippen LogP contribution in [0.25, 0.3) is 10.2 Å². The Hall–Kier alpha value is -3.09. The number of aromatic hydroxyl groups is 1. The first-order valence-corrected chi connectivity index (χ1v) is 10.2. The lowest BCUT2D eigenvalue weighted by molar-refractivity contribution is 0.0946. The second-order valence-electron chi connectivity index (χ2n) is 6.55. The minimum absolute atomic E-state index is 0.194. The van der Waals surface area contributed by atoms with Crippen molar-refractivity contribution in [2.45, 2.75) is 13.1 Å². The maximum absolute atomic E-state index is 13.1. The maximum atomic E-state index is 13.1. The van der Waals surface area contributed by atoms with Gasteiger partial charge in [0.25, 0.3) is 11.5 Å². The fourth-order valence-corrected chi connectivity index (χ4v) is 4.26. The zero-order valence-electron chi connectivity index (χ0n) is 15.3. The first kappa shape index (κ1) is 19.2. The lowest BCUT2D eigenvalue weighted by Gasteiger charge is -2.13. The third-order valence-corrected chi connectivity index (χ3v) is 5.74. The highest BCUT2D eigenvalue weighted by Gasteiger charge is 2.23. The van der Waals surface area contributed by atoms with Gasteiger partial charge in [-0.2, -0.15) is 0 Å². The van der Waals surface area contributed by atoms with E-state index < -0.39 is 11.5 Å². The predicted octanol–water partition coefficient (Wildman–Crippen LogP) is 4.40. The summed E-state index contributed by atoms with van der Waals surface area (Å²) in [6.45, 7) is 0.501. The van der Waals surface area contributed by atoms with Crippen LogP contribution in [0.15, 0.2) is 70.8 Å². The third-order valence-electron chi connectivity index (χ3n) is 4.60. The van der Waals surface area contributed by atoms with Crippen molar-refractivity contribution in [3.63, 3.8) is 0 Å². The standard InChI is InChI=1S/C22H17ClN2O3S/c23-16-8-4-7-15(11-16)12-24-21(27)18-19(26)20-17(9-10-29-20)25(22(18)28)13-14-5-2-1-3-6-14/h1-11,26H,12-13H2,(H,24,27). The zero-order valence-corrected chi connectivity index (χ0v) is 16.8. The molecule has 1 amide bonds. The van der Waals surface area contributed by atoms with Crippen molar-refractivity contribution in [1.82, 2.24) is 9.88 Å². The van der Waals surface area contributed by atoms with Crippen molar-refractivity contribution in [3.05, 3.63) is 98.1 Å². The Morgan fingerprint density at radius 3 is 2.59 bits per heavy atom. The molecular formula is C22H17ClN2O3S. The number of thiophene rings is 1. The molecule has 29 heavy (non-hydrogen) atoms. The van der Waals surface area contributed by atoms with Crippen LogP contribution in [0, 0.1) is 0 Å². The normalized spacial score (nSPS) is 10.9. The Morgan fingerprint density at radius 2 is 1.83 bits per heavy atom. The molecular weight excluding hydrogens is 408 g/mol. The van der Waals surface area contributed by atoms with Crippen molar-refractivity contribution in [2.24, 2.45) is 0 Å². The average Bonchev–Trinajstić information content (AvgIpc) is 3.21. The van der Waals surface area contributed by atoms with Crippen LogP contribution in [-0.4, -0.2) is 15.6 Å². The molecule has 0 unspecified atom stereocenters. The summed E-state index contributed by atoms with van der Waals surface area (Å²) in [7, 11) is 0. The molecule has 0 fully saturated rings. The number of hydrogen-bond acceptors (Lipinski definition) is 4. The van der Waals surface area contributed by atoms with Crippen LogP contribution in [0.5, 0.6) is 5.75 Å². The van der Waals surface area contributed by atoms with Crippen LogP contribution in [0.3, 0.4) is 0 Å². The van der Waals surface area contributed by atoms with Gasteiger partial charge in [-0.05, 0) is 34.7 Å². The molecule has 0 saturated heterocycles. The Balaban J connectivity index is 1.72. The summed E-state index contributed by atoms with van der Waals surface area (Å²) >= 11 is 7.26. The minimum atomic E-state index is -0.621. The van der Waals surface area contributed by atoms with Gasteiger partial charge >= 0.3 is 0 Å². The van der Waals surface area contributed by atoms with E-state index in [2.05, 4.69) is 5.32 Å². The summed E-state index contributed by atoms with van der Waals surface area (Å²) in [5, 5.41) is 15.7. The topological polar surface area (TPSA) is 71.3 Å². The number of aromatic nitrogens is 1. The summed E-state index contributed by atoms with van der Waals surface area (Å²) < 4.78 is 2.03. The Bertz CT molecular complexity index is 1250. The molecule has 2 heterocycles. The van der Waals surface area contributed by atoms with E-state index in [-0.39, 0.29) is 17.9 Å². The second kappa shape index (κ2) is 8.11. The van der Waals surface area contributed by atoms with Crippen molar-refractivity contribution in [3.8, 4) is 5.75 Å². The molecule has 146 valence electrons. The highest BCUT2D eigenvalue weighted by molar-refractivity contribution is 7.17. The molecule has 4 aromatic rings. The zero-order chi connectivity index (χ0) is 20.4. The van der Waals surface area contributed by atoms with E-state index in [1.807, 2.05) is 36.4 Å². The number of pyridine rings is 1. The molecule has 0 spiro atoms. The van der Waals surface area contributed by atoms with Gasteiger partial charge < -0.3 is 15.0 Å². The fourth-order valence-electron chi connectivity index (χ4n) is 3.20. The Kier molecular flexibility index (Phi) is 5.38. The number of halogens is 1. The number of nitrogens with zero attached hydrogens (tertiary/aromatic N) is 1. The molecule has 0 aliphatic carbocycles. The summed E-state index contributed by atoms with van der Waals surface area (Å²) in [6.07, 6.45) is 0. The Labute approximate surface area is 175 Å². The average molecular weight is 425 g/mol. The molecule has 2 N–H and O–H groups in total. The van der Waals surface area contributed by atoms with Crippen molar-refractivity contribution < 1.29 is 9.90 Å². The molecule has 0 bridgehead atoms. The van der Waals surface area contributed by atoms with Gasteiger partial charge in [0.15, 0.2) is 5.75 Å². The van der Waals surface area contributed by atoms with Crippen LogP contribution in [0.2, 0.25) is 5.02 Å².